The van der Waals surface area contributed by atoms with Crippen LogP contribution in [-0.2, 0) is 20.9 Å². The van der Waals surface area contributed by atoms with Gasteiger partial charge in [-0.05, 0) is 12.5 Å². The first-order chi connectivity index (χ1) is 7.59. The Bertz CT molecular complexity index is 362. The second-order valence-electron chi connectivity index (χ2n) is 3.23. The Morgan fingerprint density at radius 2 is 1.94 bits per heavy atom. The second kappa shape index (κ2) is 5.87. The van der Waals surface area contributed by atoms with Crippen molar-refractivity contribution in [2.75, 3.05) is 0 Å². The lowest BCUT2D eigenvalue weighted by atomic mass is 10.2. The highest BCUT2D eigenvalue weighted by atomic mass is 16.7. The van der Waals surface area contributed by atoms with Crippen LogP contribution >= 0.6 is 0 Å². The van der Waals surface area contributed by atoms with E-state index in [1.165, 1.54) is 6.92 Å². The molecule has 1 rings (SSSR count). The van der Waals surface area contributed by atoms with E-state index in [1.54, 1.807) is 12.1 Å². The summed E-state index contributed by atoms with van der Waals surface area (Å²) >= 11 is 0. The number of rotatable bonds is 3. The van der Waals surface area contributed by atoms with Gasteiger partial charge in [0.25, 0.3) is 0 Å². The molecule has 0 saturated heterocycles. The Balaban J connectivity index is 2.34. The number of ether oxygens (including phenoxy) is 2. The van der Waals surface area contributed by atoms with Gasteiger partial charge in [-0.1, -0.05) is 30.3 Å². The van der Waals surface area contributed by atoms with Crippen LogP contribution in [0.4, 0.5) is 4.79 Å². The predicted octanol–water partition coefficient (Wildman–Crippen LogP) is 1.21. The molecular formula is C11H13NO4. The van der Waals surface area contributed by atoms with Crippen LogP contribution in [0.5, 0.6) is 0 Å². The van der Waals surface area contributed by atoms with Crippen molar-refractivity contribution in [1.82, 2.24) is 0 Å². The molecule has 1 aromatic carbocycles. The molecule has 0 aliphatic heterocycles. The van der Waals surface area contributed by atoms with E-state index < -0.39 is 18.2 Å². The Hall–Kier alpha value is -1.88. The van der Waals surface area contributed by atoms with E-state index in [0.29, 0.717) is 0 Å². The van der Waals surface area contributed by atoms with Gasteiger partial charge >= 0.3 is 12.1 Å². The molecule has 0 spiro atoms. The summed E-state index contributed by atoms with van der Waals surface area (Å²) in [5.41, 5.74) is 6.02. The summed E-state index contributed by atoms with van der Waals surface area (Å²) in [6.07, 6.45) is -1.04. The van der Waals surface area contributed by atoms with E-state index in [2.05, 4.69) is 4.74 Å². The molecule has 0 aliphatic carbocycles. The summed E-state index contributed by atoms with van der Waals surface area (Å²) < 4.78 is 9.02. The van der Waals surface area contributed by atoms with E-state index in [-0.39, 0.29) is 6.61 Å². The van der Waals surface area contributed by atoms with Crippen LogP contribution in [-0.4, -0.2) is 18.2 Å². The molecule has 5 heteroatoms. The number of carbonyl (C=O) groups excluding carboxylic acids is 2. The van der Waals surface area contributed by atoms with E-state index >= 15 is 0 Å². The number of benzene rings is 1. The maximum atomic E-state index is 11.0. The number of esters is 1. The number of nitrogens with two attached hydrogens (primary N) is 1. The van der Waals surface area contributed by atoms with Crippen LogP contribution < -0.4 is 5.73 Å². The highest BCUT2D eigenvalue weighted by Crippen LogP contribution is 2.01. The Labute approximate surface area is 93.1 Å². The van der Waals surface area contributed by atoms with Gasteiger partial charge in [-0.25, -0.2) is 9.59 Å². The van der Waals surface area contributed by atoms with Crippen LogP contribution in [0, 0.1) is 0 Å². The smallest absolute Gasteiger partial charge is 0.429 e. The third kappa shape index (κ3) is 4.10. The quantitative estimate of drug-likeness (QED) is 0.615. The van der Waals surface area contributed by atoms with Crippen molar-refractivity contribution in [3.05, 3.63) is 35.9 Å². The molecule has 1 atom stereocenters. The summed E-state index contributed by atoms with van der Waals surface area (Å²) in [7, 11) is 0. The monoisotopic (exact) mass is 223 g/mol. The van der Waals surface area contributed by atoms with Gasteiger partial charge in [-0.3, -0.25) is 0 Å². The van der Waals surface area contributed by atoms with Crippen LogP contribution in [0.2, 0.25) is 0 Å². The Kier molecular flexibility index (Phi) is 4.47. The first kappa shape index (κ1) is 12.2. The molecule has 0 radical (unpaired) electrons. The van der Waals surface area contributed by atoms with Crippen molar-refractivity contribution in [3.8, 4) is 0 Å². The first-order valence-corrected chi connectivity index (χ1v) is 4.77. The predicted molar refractivity (Wildman–Crippen MR) is 56.4 cm³/mol. The number of hydrogen-bond acceptors (Lipinski definition) is 5. The molecule has 0 amide bonds. The third-order valence-corrected chi connectivity index (χ3v) is 1.76. The fraction of sp³-hybridized carbons (Fsp3) is 0.273. The molecular weight excluding hydrogens is 210 g/mol. The average molecular weight is 223 g/mol. The lowest BCUT2D eigenvalue weighted by Gasteiger charge is -2.06. The lowest BCUT2D eigenvalue weighted by molar-refractivity contribution is -0.141. The molecule has 0 unspecified atom stereocenters. The summed E-state index contributed by atoms with van der Waals surface area (Å²) in [6, 6.07) is 8.22. The summed E-state index contributed by atoms with van der Waals surface area (Å²) in [6.45, 7) is 1.48. The summed E-state index contributed by atoms with van der Waals surface area (Å²) in [5.74, 6) is -0.807. The molecule has 0 aromatic heterocycles. The highest BCUT2D eigenvalue weighted by molar-refractivity contribution is 5.85. The summed E-state index contributed by atoms with van der Waals surface area (Å²) in [4.78, 5) is 21.9. The van der Waals surface area contributed by atoms with Gasteiger partial charge in [0.05, 0.1) is 0 Å². The Morgan fingerprint density at radius 1 is 1.31 bits per heavy atom. The zero-order valence-electron chi connectivity index (χ0n) is 8.88. The second-order valence-corrected chi connectivity index (χ2v) is 3.23. The fourth-order valence-electron chi connectivity index (χ4n) is 0.921. The fourth-order valence-corrected chi connectivity index (χ4v) is 0.921. The van der Waals surface area contributed by atoms with Crippen molar-refractivity contribution >= 4 is 12.1 Å². The van der Waals surface area contributed by atoms with Crippen molar-refractivity contribution < 1.29 is 19.1 Å². The molecule has 0 saturated carbocycles. The molecule has 0 aliphatic rings. The molecule has 1 aromatic rings. The molecule has 16 heavy (non-hydrogen) atoms. The van der Waals surface area contributed by atoms with Gasteiger partial charge in [0.2, 0.25) is 0 Å². The topological polar surface area (TPSA) is 78.6 Å². The summed E-state index contributed by atoms with van der Waals surface area (Å²) in [5, 5.41) is 0. The zero-order valence-corrected chi connectivity index (χ0v) is 8.88. The molecule has 86 valence electrons. The van der Waals surface area contributed by atoms with E-state index in [9.17, 15) is 9.59 Å². The van der Waals surface area contributed by atoms with Crippen molar-refractivity contribution in [1.29, 1.82) is 0 Å². The van der Waals surface area contributed by atoms with E-state index in [4.69, 9.17) is 10.5 Å². The van der Waals surface area contributed by atoms with Crippen LogP contribution in [0.25, 0.3) is 0 Å². The maximum absolute atomic E-state index is 11.0. The number of carbonyl (C=O) groups is 2. The maximum Gasteiger partial charge on any atom is 0.516 e. The highest BCUT2D eigenvalue weighted by Gasteiger charge is 2.15. The van der Waals surface area contributed by atoms with Gasteiger partial charge in [-0.15, -0.1) is 0 Å². The molecule has 2 N–H and O–H groups in total. The normalized spacial score (nSPS) is 11.6. The zero-order chi connectivity index (χ0) is 12.0. The molecule has 5 nitrogen and oxygen atoms in total. The minimum atomic E-state index is -1.04. The minimum Gasteiger partial charge on any atom is -0.429 e. The minimum absolute atomic E-state index is 0.0614. The van der Waals surface area contributed by atoms with Crippen molar-refractivity contribution in [3.63, 3.8) is 0 Å². The first-order valence-electron chi connectivity index (χ1n) is 4.77. The molecule has 0 bridgehead atoms. The van der Waals surface area contributed by atoms with E-state index in [1.807, 2.05) is 18.2 Å². The van der Waals surface area contributed by atoms with Crippen LogP contribution in [0.15, 0.2) is 30.3 Å². The van der Waals surface area contributed by atoms with Gasteiger partial charge in [-0.2, -0.15) is 0 Å². The largest absolute Gasteiger partial charge is 0.516 e. The third-order valence-electron chi connectivity index (χ3n) is 1.76. The van der Waals surface area contributed by atoms with Gasteiger partial charge in [0.1, 0.15) is 12.6 Å². The van der Waals surface area contributed by atoms with Gasteiger partial charge < -0.3 is 15.2 Å². The van der Waals surface area contributed by atoms with E-state index in [0.717, 1.165) is 5.56 Å². The standard InChI is InChI=1S/C11H13NO4/c1-8(12)10(13)16-11(14)15-7-9-5-3-2-4-6-9/h2-6,8H,7,12H2,1H3/t8-/m0/s1. The van der Waals surface area contributed by atoms with Gasteiger partial charge in [0, 0.05) is 0 Å². The van der Waals surface area contributed by atoms with Crippen LogP contribution in [0.3, 0.4) is 0 Å². The van der Waals surface area contributed by atoms with Crippen molar-refractivity contribution in [2.24, 2.45) is 5.73 Å². The SMILES string of the molecule is C[C@H](N)C(=O)OC(=O)OCc1ccccc1. The molecule has 0 heterocycles. The average Bonchev–Trinajstić information content (AvgIpc) is 2.27. The van der Waals surface area contributed by atoms with Gasteiger partial charge in [0.15, 0.2) is 0 Å². The Morgan fingerprint density at radius 3 is 2.50 bits per heavy atom. The number of hydrogen-bond donors (Lipinski definition) is 1. The van der Waals surface area contributed by atoms with Crippen molar-refractivity contribution in [2.45, 2.75) is 19.6 Å². The van der Waals surface area contributed by atoms with Crippen LogP contribution in [0.1, 0.15) is 12.5 Å². The lowest BCUT2D eigenvalue weighted by Crippen LogP contribution is -2.30. The molecule has 0 fully saturated rings.